The van der Waals surface area contributed by atoms with Crippen molar-refractivity contribution in [3.05, 3.63) is 77.0 Å². The fourth-order valence-corrected chi connectivity index (χ4v) is 3.45. The van der Waals surface area contributed by atoms with Crippen LogP contribution in [0.3, 0.4) is 0 Å². The predicted molar refractivity (Wildman–Crippen MR) is 118 cm³/mol. The van der Waals surface area contributed by atoms with E-state index < -0.39 is 5.82 Å². The van der Waals surface area contributed by atoms with Gasteiger partial charge in [0, 0.05) is 18.7 Å². The lowest BCUT2D eigenvalue weighted by molar-refractivity contribution is 0.0954. The van der Waals surface area contributed by atoms with Crippen molar-refractivity contribution in [2.45, 2.75) is 20.8 Å². The second kappa shape index (κ2) is 8.51. The quantitative estimate of drug-likeness (QED) is 0.466. The van der Waals surface area contributed by atoms with Gasteiger partial charge in [-0.25, -0.2) is 19.0 Å². The molecule has 0 aliphatic heterocycles. The van der Waals surface area contributed by atoms with Gasteiger partial charge in [-0.1, -0.05) is 18.2 Å². The summed E-state index contributed by atoms with van der Waals surface area (Å²) in [7, 11) is 0. The zero-order valence-electron chi connectivity index (χ0n) is 17.6. The molecule has 0 unspecified atom stereocenters. The van der Waals surface area contributed by atoms with E-state index in [9.17, 15) is 9.18 Å². The van der Waals surface area contributed by atoms with Crippen LogP contribution >= 0.6 is 0 Å². The number of aryl methyl sites for hydroxylation is 3. The standard InChI is InChI=1S/C23H23FN6O/c1-14-6-4-9-19(12-14)30-22-20(15(2)29-30)21(27-16(3)28-22)25-10-11-26-23(31)17-7-5-8-18(24)13-17/h4-9,12-13H,10-11H2,1-3H3,(H,26,31)(H,25,27,28). The number of halogens is 1. The third kappa shape index (κ3) is 4.37. The molecule has 31 heavy (non-hydrogen) atoms. The lowest BCUT2D eigenvalue weighted by Crippen LogP contribution is -2.29. The van der Waals surface area contributed by atoms with Crippen molar-refractivity contribution >= 4 is 22.8 Å². The number of hydrogen-bond acceptors (Lipinski definition) is 5. The van der Waals surface area contributed by atoms with Gasteiger partial charge in [0.15, 0.2) is 5.65 Å². The Bertz CT molecular complexity index is 1270. The van der Waals surface area contributed by atoms with E-state index in [-0.39, 0.29) is 11.5 Å². The van der Waals surface area contributed by atoms with Crippen LogP contribution in [0.1, 0.15) is 27.4 Å². The number of carbonyl (C=O) groups is 1. The van der Waals surface area contributed by atoms with Crippen LogP contribution in [0, 0.1) is 26.6 Å². The zero-order valence-corrected chi connectivity index (χ0v) is 17.6. The average Bonchev–Trinajstić information content (AvgIpc) is 3.07. The molecule has 1 amide bonds. The second-order valence-electron chi connectivity index (χ2n) is 7.35. The molecule has 7 nitrogen and oxygen atoms in total. The van der Waals surface area contributed by atoms with Crippen molar-refractivity contribution < 1.29 is 9.18 Å². The third-order valence-corrected chi connectivity index (χ3v) is 4.85. The van der Waals surface area contributed by atoms with E-state index in [1.54, 1.807) is 6.07 Å². The number of carbonyl (C=O) groups excluding carboxylic acids is 1. The fourth-order valence-electron chi connectivity index (χ4n) is 3.45. The van der Waals surface area contributed by atoms with E-state index in [4.69, 9.17) is 0 Å². The first kappa shape index (κ1) is 20.5. The molecule has 0 aliphatic rings. The number of benzene rings is 2. The van der Waals surface area contributed by atoms with E-state index in [1.807, 2.05) is 43.7 Å². The Balaban J connectivity index is 1.52. The summed E-state index contributed by atoms with van der Waals surface area (Å²) >= 11 is 0. The van der Waals surface area contributed by atoms with E-state index in [0.717, 1.165) is 28.0 Å². The number of hydrogen-bond donors (Lipinski definition) is 2. The molecule has 0 saturated heterocycles. The smallest absolute Gasteiger partial charge is 0.251 e. The third-order valence-electron chi connectivity index (χ3n) is 4.85. The molecule has 158 valence electrons. The molecule has 2 N–H and O–H groups in total. The summed E-state index contributed by atoms with van der Waals surface area (Å²) in [5, 5.41) is 11.6. The molecule has 2 heterocycles. The van der Waals surface area contributed by atoms with E-state index >= 15 is 0 Å². The fraction of sp³-hybridized carbons (Fsp3) is 0.217. The van der Waals surface area contributed by atoms with Crippen molar-refractivity contribution in [1.29, 1.82) is 0 Å². The maximum atomic E-state index is 13.3. The number of fused-ring (bicyclic) bond motifs is 1. The summed E-state index contributed by atoms with van der Waals surface area (Å²) in [6, 6.07) is 13.7. The molecule has 2 aromatic heterocycles. The highest BCUT2D eigenvalue weighted by Gasteiger charge is 2.16. The molecular weight excluding hydrogens is 395 g/mol. The molecular formula is C23H23FN6O. The Kier molecular flexibility index (Phi) is 5.62. The van der Waals surface area contributed by atoms with Crippen molar-refractivity contribution in [1.82, 2.24) is 25.1 Å². The predicted octanol–water partition coefficient (Wildman–Crippen LogP) is 3.72. The van der Waals surface area contributed by atoms with Gasteiger partial charge in [-0.3, -0.25) is 4.79 Å². The number of rotatable bonds is 6. The summed E-state index contributed by atoms with van der Waals surface area (Å²) in [6.07, 6.45) is 0. The molecule has 2 aromatic carbocycles. The number of anilines is 1. The van der Waals surface area contributed by atoms with Crippen LogP contribution in [0.5, 0.6) is 0 Å². The summed E-state index contributed by atoms with van der Waals surface area (Å²) in [5.41, 5.74) is 3.89. The van der Waals surface area contributed by atoms with Gasteiger partial charge in [0.25, 0.3) is 5.91 Å². The average molecular weight is 418 g/mol. The SMILES string of the molecule is Cc1cccc(-n2nc(C)c3c(NCCNC(=O)c4cccc(F)c4)nc(C)nc32)c1. The Labute approximate surface area is 179 Å². The van der Waals surface area contributed by atoms with E-state index in [1.165, 1.54) is 18.2 Å². The molecule has 0 fully saturated rings. The molecule has 0 atom stereocenters. The van der Waals surface area contributed by atoms with Gasteiger partial charge in [0.2, 0.25) is 0 Å². The van der Waals surface area contributed by atoms with Crippen molar-refractivity contribution in [3.8, 4) is 5.69 Å². The van der Waals surface area contributed by atoms with Gasteiger partial charge in [-0.15, -0.1) is 0 Å². The molecule has 0 aliphatic carbocycles. The Morgan fingerprint density at radius 3 is 2.61 bits per heavy atom. The van der Waals surface area contributed by atoms with Crippen LogP contribution in [0.2, 0.25) is 0 Å². The van der Waals surface area contributed by atoms with Crippen LogP contribution in [0.15, 0.2) is 48.5 Å². The van der Waals surface area contributed by atoms with Crippen LogP contribution in [0.4, 0.5) is 10.2 Å². The summed E-state index contributed by atoms with van der Waals surface area (Å²) in [6.45, 7) is 6.59. The Morgan fingerprint density at radius 2 is 1.84 bits per heavy atom. The van der Waals surface area contributed by atoms with Crippen LogP contribution in [0.25, 0.3) is 16.7 Å². The van der Waals surface area contributed by atoms with Gasteiger partial charge in [-0.2, -0.15) is 5.10 Å². The van der Waals surface area contributed by atoms with Gasteiger partial charge >= 0.3 is 0 Å². The maximum absolute atomic E-state index is 13.3. The molecule has 4 rings (SSSR count). The first-order chi connectivity index (χ1) is 14.9. The monoisotopic (exact) mass is 418 g/mol. The van der Waals surface area contributed by atoms with Crippen LogP contribution in [-0.2, 0) is 0 Å². The second-order valence-corrected chi connectivity index (χ2v) is 7.35. The van der Waals surface area contributed by atoms with Crippen LogP contribution in [-0.4, -0.2) is 38.7 Å². The Hall–Kier alpha value is -3.81. The first-order valence-electron chi connectivity index (χ1n) is 10.0. The molecule has 0 radical (unpaired) electrons. The lowest BCUT2D eigenvalue weighted by Gasteiger charge is -2.10. The maximum Gasteiger partial charge on any atom is 0.251 e. The molecule has 0 spiro atoms. The summed E-state index contributed by atoms with van der Waals surface area (Å²) in [5.74, 6) is 0.519. The van der Waals surface area contributed by atoms with E-state index in [2.05, 4.69) is 31.8 Å². The van der Waals surface area contributed by atoms with Crippen LogP contribution < -0.4 is 10.6 Å². The molecule has 0 saturated carbocycles. The van der Waals surface area contributed by atoms with Gasteiger partial charge < -0.3 is 10.6 Å². The minimum atomic E-state index is -0.439. The van der Waals surface area contributed by atoms with Crippen molar-refractivity contribution in [3.63, 3.8) is 0 Å². The lowest BCUT2D eigenvalue weighted by atomic mass is 10.2. The zero-order chi connectivity index (χ0) is 22.0. The summed E-state index contributed by atoms with van der Waals surface area (Å²) < 4.78 is 15.1. The van der Waals surface area contributed by atoms with Crippen molar-refractivity contribution in [2.75, 3.05) is 18.4 Å². The Morgan fingerprint density at radius 1 is 1.03 bits per heavy atom. The number of aromatic nitrogens is 4. The highest BCUT2D eigenvalue weighted by Crippen LogP contribution is 2.26. The number of nitrogens with one attached hydrogen (secondary N) is 2. The number of nitrogens with zero attached hydrogens (tertiary/aromatic N) is 4. The summed E-state index contributed by atoms with van der Waals surface area (Å²) in [4.78, 5) is 21.3. The first-order valence-corrected chi connectivity index (χ1v) is 10.0. The molecule has 0 bridgehead atoms. The highest BCUT2D eigenvalue weighted by atomic mass is 19.1. The van der Waals surface area contributed by atoms with Crippen molar-refractivity contribution in [2.24, 2.45) is 0 Å². The highest BCUT2D eigenvalue weighted by molar-refractivity contribution is 5.94. The minimum absolute atomic E-state index is 0.288. The van der Waals surface area contributed by atoms with Gasteiger partial charge in [0.1, 0.15) is 17.5 Å². The van der Waals surface area contributed by atoms with Gasteiger partial charge in [0.05, 0.1) is 16.8 Å². The largest absolute Gasteiger partial charge is 0.368 e. The van der Waals surface area contributed by atoms with E-state index in [0.29, 0.717) is 24.7 Å². The topological polar surface area (TPSA) is 84.7 Å². The molecule has 8 heteroatoms. The van der Waals surface area contributed by atoms with Gasteiger partial charge in [-0.05, 0) is 56.7 Å². The normalized spacial score (nSPS) is 11.0. The molecule has 4 aromatic rings. The minimum Gasteiger partial charge on any atom is -0.368 e. The number of amides is 1.